The van der Waals surface area contributed by atoms with E-state index >= 15 is 0 Å². The normalized spacial score (nSPS) is 20.3. The number of hydrogen-bond donors (Lipinski definition) is 1. The number of hydrogen-bond acceptors (Lipinski definition) is 3. The average Bonchev–Trinajstić information content (AvgIpc) is 2.75. The molecule has 1 N–H and O–H groups in total. The minimum Gasteiger partial charge on any atom is -0.342 e. The SMILES string of the molecule is CCN(CC)C(=O)CN1C(=O)N[C@](C)(c2ccc(Cl)c(Cl)c2)C1=O. The van der Waals surface area contributed by atoms with Gasteiger partial charge in [0.25, 0.3) is 5.91 Å². The lowest BCUT2D eigenvalue weighted by Crippen LogP contribution is -2.44. The number of benzene rings is 1. The molecule has 0 aromatic heterocycles. The molecule has 0 unspecified atom stereocenters. The van der Waals surface area contributed by atoms with E-state index in [0.717, 1.165) is 4.90 Å². The largest absolute Gasteiger partial charge is 0.342 e. The fourth-order valence-corrected chi connectivity index (χ4v) is 2.95. The van der Waals surface area contributed by atoms with Crippen LogP contribution < -0.4 is 5.32 Å². The van der Waals surface area contributed by atoms with E-state index in [1.54, 1.807) is 24.0 Å². The maximum atomic E-state index is 12.8. The van der Waals surface area contributed by atoms with Gasteiger partial charge < -0.3 is 10.2 Å². The maximum absolute atomic E-state index is 12.8. The van der Waals surface area contributed by atoms with Crippen molar-refractivity contribution in [1.82, 2.24) is 15.1 Å². The van der Waals surface area contributed by atoms with E-state index in [-0.39, 0.29) is 17.5 Å². The zero-order chi connectivity index (χ0) is 18.1. The van der Waals surface area contributed by atoms with Crippen molar-refractivity contribution in [3.05, 3.63) is 33.8 Å². The molecule has 1 atom stereocenters. The molecule has 4 amide bonds. The van der Waals surface area contributed by atoms with Crippen molar-refractivity contribution >= 4 is 41.0 Å². The summed E-state index contributed by atoms with van der Waals surface area (Å²) in [7, 11) is 0. The molecular weight excluding hydrogens is 353 g/mol. The molecule has 0 aliphatic carbocycles. The first-order valence-electron chi connectivity index (χ1n) is 7.62. The molecule has 0 bridgehead atoms. The van der Waals surface area contributed by atoms with E-state index in [1.165, 1.54) is 6.07 Å². The second-order valence-electron chi connectivity index (χ2n) is 5.64. The van der Waals surface area contributed by atoms with Crippen LogP contribution in [0.4, 0.5) is 4.79 Å². The van der Waals surface area contributed by atoms with Gasteiger partial charge in [-0.15, -0.1) is 0 Å². The van der Waals surface area contributed by atoms with Crippen molar-refractivity contribution in [3.63, 3.8) is 0 Å². The third-order valence-corrected chi connectivity index (χ3v) is 4.92. The van der Waals surface area contributed by atoms with Crippen LogP contribution in [0.25, 0.3) is 0 Å². The number of likely N-dealkylation sites (N-methyl/N-ethyl adjacent to an activating group) is 1. The molecule has 1 heterocycles. The third-order valence-electron chi connectivity index (χ3n) is 4.18. The molecule has 0 radical (unpaired) electrons. The molecular formula is C16H19Cl2N3O3. The molecule has 0 spiro atoms. The van der Waals surface area contributed by atoms with Crippen LogP contribution in [0.5, 0.6) is 0 Å². The van der Waals surface area contributed by atoms with Gasteiger partial charge >= 0.3 is 6.03 Å². The van der Waals surface area contributed by atoms with Crippen molar-refractivity contribution in [2.75, 3.05) is 19.6 Å². The van der Waals surface area contributed by atoms with Gasteiger partial charge in [0.2, 0.25) is 5.91 Å². The summed E-state index contributed by atoms with van der Waals surface area (Å²) in [4.78, 5) is 39.7. The fraction of sp³-hybridized carbons (Fsp3) is 0.438. The topological polar surface area (TPSA) is 69.7 Å². The van der Waals surface area contributed by atoms with E-state index in [4.69, 9.17) is 23.2 Å². The van der Waals surface area contributed by atoms with E-state index in [0.29, 0.717) is 23.7 Å². The number of halogens is 2. The highest BCUT2D eigenvalue weighted by atomic mass is 35.5. The van der Waals surface area contributed by atoms with Crippen LogP contribution in [-0.4, -0.2) is 47.3 Å². The molecule has 2 rings (SSSR count). The van der Waals surface area contributed by atoms with Gasteiger partial charge in [-0.25, -0.2) is 4.79 Å². The van der Waals surface area contributed by atoms with Crippen LogP contribution in [0.3, 0.4) is 0 Å². The Hall–Kier alpha value is -1.79. The predicted molar refractivity (Wildman–Crippen MR) is 92.0 cm³/mol. The summed E-state index contributed by atoms with van der Waals surface area (Å²) in [5.74, 6) is -0.770. The van der Waals surface area contributed by atoms with Gasteiger partial charge in [-0.2, -0.15) is 0 Å². The summed E-state index contributed by atoms with van der Waals surface area (Å²) >= 11 is 11.9. The number of imide groups is 1. The molecule has 130 valence electrons. The Morgan fingerprint density at radius 1 is 1.21 bits per heavy atom. The first kappa shape index (κ1) is 18.5. The van der Waals surface area contributed by atoms with Gasteiger partial charge in [-0.1, -0.05) is 29.3 Å². The average molecular weight is 372 g/mol. The Labute approximate surface area is 150 Å². The quantitative estimate of drug-likeness (QED) is 0.808. The summed E-state index contributed by atoms with van der Waals surface area (Å²) in [6.07, 6.45) is 0. The zero-order valence-electron chi connectivity index (χ0n) is 13.7. The van der Waals surface area contributed by atoms with Crippen molar-refractivity contribution in [3.8, 4) is 0 Å². The Kier molecular flexibility index (Phi) is 5.40. The summed E-state index contributed by atoms with van der Waals surface area (Å²) in [5.41, 5.74) is -0.775. The van der Waals surface area contributed by atoms with Crippen molar-refractivity contribution in [1.29, 1.82) is 0 Å². The minimum atomic E-state index is -1.28. The van der Waals surface area contributed by atoms with Crippen LogP contribution in [-0.2, 0) is 15.1 Å². The molecule has 6 nitrogen and oxygen atoms in total. The van der Waals surface area contributed by atoms with Crippen LogP contribution in [0.15, 0.2) is 18.2 Å². The van der Waals surface area contributed by atoms with E-state index in [9.17, 15) is 14.4 Å². The zero-order valence-corrected chi connectivity index (χ0v) is 15.2. The van der Waals surface area contributed by atoms with Crippen LogP contribution in [0.2, 0.25) is 10.0 Å². The molecule has 1 aliphatic heterocycles. The summed E-state index contributed by atoms with van der Waals surface area (Å²) in [6, 6.07) is 4.13. The lowest BCUT2D eigenvalue weighted by molar-refractivity contribution is -0.138. The number of rotatable bonds is 5. The van der Waals surface area contributed by atoms with Gasteiger partial charge in [-0.3, -0.25) is 14.5 Å². The van der Waals surface area contributed by atoms with E-state index in [1.807, 2.05) is 13.8 Å². The summed E-state index contributed by atoms with van der Waals surface area (Å²) in [6.45, 7) is 6.00. The highest BCUT2D eigenvalue weighted by Gasteiger charge is 2.49. The number of carbonyl (C=O) groups is 3. The van der Waals surface area contributed by atoms with Crippen molar-refractivity contribution < 1.29 is 14.4 Å². The molecule has 1 saturated heterocycles. The summed E-state index contributed by atoms with van der Waals surface area (Å²) < 4.78 is 0. The second-order valence-corrected chi connectivity index (χ2v) is 6.46. The highest BCUT2D eigenvalue weighted by Crippen LogP contribution is 2.32. The monoisotopic (exact) mass is 371 g/mol. The molecule has 8 heteroatoms. The molecule has 0 saturated carbocycles. The first-order chi connectivity index (χ1) is 11.2. The Bertz CT molecular complexity index is 691. The van der Waals surface area contributed by atoms with Crippen LogP contribution in [0, 0.1) is 0 Å². The Balaban J connectivity index is 2.27. The van der Waals surface area contributed by atoms with Gasteiger partial charge in [0, 0.05) is 13.1 Å². The maximum Gasteiger partial charge on any atom is 0.325 e. The Morgan fingerprint density at radius 3 is 2.38 bits per heavy atom. The molecule has 1 aliphatic rings. The number of urea groups is 1. The van der Waals surface area contributed by atoms with Gasteiger partial charge in [0.05, 0.1) is 10.0 Å². The molecule has 1 aromatic rings. The molecule has 24 heavy (non-hydrogen) atoms. The fourth-order valence-electron chi connectivity index (χ4n) is 2.65. The lowest BCUT2D eigenvalue weighted by Gasteiger charge is -2.24. The summed E-state index contributed by atoms with van der Waals surface area (Å²) in [5, 5.41) is 3.28. The van der Waals surface area contributed by atoms with E-state index in [2.05, 4.69) is 5.32 Å². The molecule has 1 fully saturated rings. The minimum absolute atomic E-state index is 0.276. The number of nitrogens with one attached hydrogen (secondary N) is 1. The Morgan fingerprint density at radius 2 is 1.83 bits per heavy atom. The van der Waals surface area contributed by atoms with Crippen LogP contribution >= 0.6 is 23.2 Å². The second kappa shape index (κ2) is 6.99. The van der Waals surface area contributed by atoms with Crippen LogP contribution in [0.1, 0.15) is 26.3 Å². The lowest BCUT2D eigenvalue weighted by atomic mass is 9.92. The van der Waals surface area contributed by atoms with Gasteiger partial charge in [-0.05, 0) is 38.5 Å². The smallest absolute Gasteiger partial charge is 0.325 e. The van der Waals surface area contributed by atoms with Crippen molar-refractivity contribution in [2.45, 2.75) is 26.3 Å². The number of nitrogens with zero attached hydrogens (tertiary/aromatic N) is 2. The standard InChI is InChI=1S/C16H19Cl2N3O3/c1-4-20(5-2)13(22)9-21-14(23)16(3,19-15(21)24)10-6-7-11(17)12(18)8-10/h6-8H,4-5,9H2,1-3H3,(H,19,24)/t16-/m1/s1. The number of amides is 4. The van der Waals surface area contributed by atoms with Crippen molar-refractivity contribution in [2.24, 2.45) is 0 Å². The van der Waals surface area contributed by atoms with E-state index < -0.39 is 17.5 Å². The molecule has 1 aromatic carbocycles. The third kappa shape index (κ3) is 3.21. The predicted octanol–water partition coefficient (Wildman–Crippen LogP) is 2.63. The van der Waals surface area contributed by atoms with Gasteiger partial charge in [0.1, 0.15) is 12.1 Å². The highest BCUT2D eigenvalue weighted by molar-refractivity contribution is 6.42. The first-order valence-corrected chi connectivity index (χ1v) is 8.37. The number of carbonyl (C=O) groups excluding carboxylic acids is 3. The van der Waals surface area contributed by atoms with Gasteiger partial charge in [0.15, 0.2) is 0 Å².